The maximum atomic E-state index is 12.6. The van der Waals surface area contributed by atoms with E-state index in [9.17, 15) is 9.59 Å². The van der Waals surface area contributed by atoms with Crippen molar-refractivity contribution in [2.75, 3.05) is 19.5 Å². The van der Waals surface area contributed by atoms with Gasteiger partial charge < -0.3 is 14.8 Å². The predicted octanol–water partition coefficient (Wildman–Crippen LogP) is 3.48. The molecule has 2 heterocycles. The molecular weight excluding hydrogens is 416 g/mol. The van der Waals surface area contributed by atoms with Crippen molar-refractivity contribution in [1.82, 2.24) is 14.8 Å². The first-order valence-corrected chi connectivity index (χ1v) is 10.3. The number of methoxy groups -OCH3 is 2. The fourth-order valence-electron chi connectivity index (χ4n) is 3.18. The van der Waals surface area contributed by atoms with Crippen LogP contribution in [0.15, 0.2) is 53.3 Å². The number of benzene rings is 2. The van der Waals surface area contributed by atoms with Crippen LogP contribution in [-0.2, 0) is 11.3 Å². The van der Waals surface area contributed by atoms with E-state index in [0.29, 0.717) is 28.4 Å². The molecule has 0 aliphatic heterocycles. The van der Waals surface area contributed by atoms with E-state index in [-0.39, 0.29) is 18.0 Å². The molecule has 0 atom stereocenters. The molecule has 0 aliphatic rings. The Morgan fingerprint density at radius 2 is 1.94 bits per heavy atom. The Hall–Kier alpha value is -3.72. The van der Waals surface area contributed by atoms with Crippen LogP contribution >= 0.6 is 11.3 Å². The number of anilines is 1. The third-order valence-electron chi connectivity index (χ3n) is 4.62. The molecule has 0 aliphatic carbocycles. The highest BCUT2D eigenvalue weighted by Crippen LogP contribution is 2.31. The Kier molecular flexibility index (Phi) is 5.68. The molecule has 9 heteroatoms. The molecule has 0 unspecified atom stereocenters. The Morgan fingerprint density at radius 1 is 1.10 bits per heavy atom. The quantitative estimate of drug-likeness (QED) is 0.497. The molecule has 0 bridgehead atoms. The van der Waals surface area contributed by atoms with Crippen molar-refractivity contribution in [2.45, 2.75) is 13.5 Å². The number of rotatable bonds is 6. The average molecular weight is 436 g/mol. The van der Waals surface area contributed by atoms with Crippen LogP contribution in [0.4, 0.5) is 5.69 Å². The van der Waals surface area contributed by atoms with Gasteiger partial charge in [-0.05, 0) is 49.4 Å². The van der Waals surface area contributed by atoms with E-state index < -0.39 is 0 Å². The summed E-state index contributed by atoms with van der Waals surface area (Å²) in [7, 11) is 3.12. The number of nitrogens with zero attached hydrogens (tertiary/aromatic N) is 3. The van der Waals surface area contributed by atoms with Crippen LogP contribution in [0.25, 0.3) is 21.5 Å². The topological polar surface area (TPSA) is 95.3 Å². The molecule has 0 radical (unpaired) electrons. The minimum atomic E-state index is -0.383. The van der Waals surface area contributed by atoms with Gasteiger partial charge in [-0.2, -0.15) is 5.10 Å². The summed E-state index contributed by atoms with van der Waals surface area (Å²) in [4.78, 5) is 29.3. The molecule has 158 valence electrons. The van der Waals surface area contributed by atoms with Gasteiger partial charge in [-0.15, -0.1) is 11.3 Å². The normalized spacial score (nSPS) is 10.8. The van der Waals surface area contributed by atoms with Gasteiger partial charge in [-0.3, -0.25) is 9.59 Å². The molecule has 0 spiro atoms. The van der Waals surface area contributed by atoms with Crippen molar-refractivity contribution in [3.05, 3.63) is 63.9 Å². The summed E-state index contributed by atoms with van der Waals surface area (Å²) in [5.74, 6) is 0.839. The first kappa shape index (κ1) is 20.5. The van der Waals surface area contributed by atoms with E-state index in [1.54, 1.807) is 49.8 Å². The standard InChI is InChI=1S/C22H20N4O4S/c1-13-23-18-10-14(4-8-20(18)31-13)24-21(27)12-26-22(28)9-6-17(25-26)16-11-15(29-2)5-7-19(16)30-3/h4-11H,12H2,1-3H3,(H,24,27). The van der Waals surface area contributed by atoms with Gasteiger partial charge in [0.15, 0.2) is 0 Å². The number of aryl methyl sites for hydroxylation is 1. The number of nitrogens with one attached hydrogen (secondary N) is 1. The van der Waals surface area contributed by atoms with E-state index in [0.717, 1.165) is 19.9 Å². The van der Waals surface area contributed by atoms with Crippen molar-refractivity contribution in [1.29, 1.82) is 0 Å². The zero-order valence-corrected chi connectivity index (χ0v) is 18.0. The Bertz CT molecular complexity index is 1330. The number of aromatic nitrogens is 3. The van der Waals surface area contributed by atoms with Crippen LogP contribution in [0.2, 0.25) is 0 Å². The molecule has 1 amide bonds. The number of thiazole rings is 1. The van der Waals surface area contributed by atoms with Gasteiger partial charge in [0.2, 0.25) is 5.91 Å². The summed E-state index contributed by atoms with van der Waals surface area (Å²) in [6.07, 6.45) is 0. The molecule has 0 saturated carbocycles. The van der Waals surface area contributed by atoms with Crippen molar-refractivity contribution in [3.63, 3.8) is 0 Å². The largest absolute Gasteiger partial charge is 0.497 e. The first-order valence-electron chi connectivity index (χ1n) is 9.44. The third kappa shape index (κ3) is 4.41. The second-order valence-corrected chi connectivity index (χ2v) is 7.98. The predicted molar refractivity (Wildman–Crippen MR) is 120 cm³/mol. The third-order valence-corrected chi connectivity index (χ3v) is 5.57. The van der Waals surface area contributed by atoms with E-state index in [4.69, 9.17) is 9.47 Å². The van der Waals surface area contributed by atoms with Crippen LogP contribution in [0.5, 0.6) is 11.5 Å². The Labute approximate surface area is 182 Å². The van der Waals surface area contributed by atoms with Gasteiger partial charge in [-0.1, -0.05) is 0 Å². The first-order chi connectivity index (χ1) is 15.0. The Morgan fingerprint density at radius 3 is 2.71 bits per heavy atom. The summed E-state index contributed by atoms with van der Waals surface area (Å²) in [5.41, 5.74) is 2.19. The number of amides is 1. The number of hydrogen-bond donors (Lipinski definition) is 1. The lowest BCUT2D eigenvalue weighted by Crippen LogP contribution is -2.29. The minimum absolute atomic E-state index is 0.229. The van der Waals surface area contributed by atoms with Crippen LogP contribution < -0.4 is 20.3 Å². The van der Waals surface area contributed by atoms with Gasteiger partial charge in [0.25, 0.3) is 5.56 Å². The number of carbonyl (C=O) groups is 1. The summed E-state index contributed by atoms with van der Waals surface area (Å²) < 4.78 is 12.8. The van der Waals surface area contributed by atoms with E-state index in [2.05, 4.69) is 15.4 Å². The molecule has 1 N–H and O–H groups in total. The molecule has 31 heavy (non-hydrogen) atoms. The summed E-state index contributed by atoms with van der Waals surface area (Å²) in [6.45, 7) is 1.71. The monoisotopic (exact) mass is 436 g/mol. The van der Waals surface area contributed by atoms with Gasteiger partial charge in [0.1, 0.15) is 18.0 Å². The maximum absolute atomic E-state index is 12.6. The molecular formula is C22H20N4O4S. The summed E-state index contributed by atoms with van der Waals surface area (Å²) in [6, 6.07) is 13.8. The molecule has 0 saturated heterocycles. The van der Waals surface area contributed by atoms with E-state index in [1.165, 1.54) is 6.07 Å². The lowest BCUT2D eigenvalue weighted by Gasteiger charge is -2.12. The van der Waals surface area contributed by atoms with Crippen LogP contribution in [0.3, 0.4) is 0 Å². The molecule has 8 nitrogen and oxygen atoms in total. The van der Waals surface area contributed by atoms with Crippen LogP contribution in [0.1, 0.15) is 5.01 Å². The molecule has 4 aromatic rings. The van der Waals surface area contributed by atoms with Crippen molar-refractivity contribution in [2.24, 2.45) is 0 Å². The second-order valence-electron chi connectivity index (χ2n) is 6.74. The lowest BCUT2D eigenvalue weighted by molar-refractivity contribution is -0.117. The maximum Gasteiger partial charge on any atom is 0.267 e. The highest BCUT2D eigenvalue weighted by Gasteiger charge is 2.13. The highest BCUT2D eigenvalue weighted by molar-refractivity contribution is 7.18. The summed E-state index contributed by atoms with van der Waals surface area (Å²) >= 11 is 1.59. The number of fused-ring (bicyclic) bond motifs is 1. The fraction of sp³-hybridized carbons (Fsp3) is 0.182. The van der Waals surface area contributed by atoms with Crippen LogP contribution in [-0.4, -0.2) is 34.9 Å². The number of ether oxygens (including phenoxy) is 2. The minimum Gasteiger partial charge on any atom is -0.497 e. The molecule has 2 aromatic heterocycles. The van der Waals surface area contributed by atoms with Gasteiger partial charge in [-0.25, -0.2) is 9.67 Å². The van der Waals surface area contributed by atoms with Gasteiger partial charge >= 0.3 is 0 Å². The van der Waals surface area contributed by atoms with Crippen molar-refractivity contribution in [3.8, 4) is 22.8 Å². The summed E-state index contributed by atoms with van der Waals surface area (Å²) in [5, 5.41) is 8.12. The van der Waals surface area contributed by atoms with Crippen molar-refractivity contribution < 1.29 is 14.3 Å². The van der Waals surface area contributed by atoms with Crippen molar-refractivity contribution >= 4 is 33.1 Å². The SMILES string of the molecule is COc1ccc(OC)c(-c2ccc(=O)n(CC(=O)Nc3ccc4sc(C)nc4c3)n2)c1. The zero-order chi connectivity index (χ0) is 22.0. The second kappa shape index (κ2) is 8.57. The Balaban J connectivity index is 1.58. The lowest BCUT2D eigenvalue weighted by atomic mass is 10.1. The molecule has 0 fully saturated rings. The van der Waals surface area contributed by atoms with Crippen LogP contribution in [0, 0.1) is 6.92 Å². The van der Waals surface area contributed by atoms with Gasteiger partial charge in [0.05, 0.1) is 35.1 Å². The van der Waals surface area contributed by atoms with Gasteiger partial charge in [0, 0.05) is 17.3 Å². The smallest absolute Gasteiger partial charge is 0.267 e. The number of carbonyl (C=O) groups excluding carboxylic acids is 1. The van der Waals surface area contributed by atoms with E-state index >= 15 is 0 Å². The highest BCUT2D eigenvalue weighted by atomic mass is 32.1. The molecule has 2 aromatic carbocycles. The fourth-order valence-corrected chi connectivity index (χ4v) is 3.98. The average Bonchev–Trinajstić information content (AvgIpc) is 3.14. The molecule has 4 rings (SSSR count). The number of hydrogen-bond acceptors (Lipinski definition) is 7. The zero-order valence-electron chi connectivity index (χ0n) is 17.2. The van der Waals surface area contributed by atoms with E-state index in [1.807, 2.05) is 25.1 Å².